The van der Waals surface area contributed by atoms with E-state index in [0.29, 0.717) is 16.0 Å². The van der Waals surface area contributed by atoms with Crippen molar-refractivity contribution in [3.05, 3.63) is 118 Å². The zero-order chi connectivity index (χ0) is 26.8. The molecule has 1 unspecified atom stereocenters. The summed E-state index contributed by atoms with van der Waals surface area (Å²) < 4.78 is 0. The van der Waals surface area contributed by atoms with Crippen LogP contribution >= 0.6 is 23.2 Å². The Kier molecular flexibility index (Phi) is 7.83. The van der Waals surface area contributed by atoms with Crippen molar-refractivity contribution in [1.82, 2.24) is 4.90 Å². The van der Waals surface area contributed by atoms with E-state index in [1.54, 1.807) is 0 Å². The average molecular weight is 557 g/mol. The monoisotopic (exact) mass is 555 g/mol. The van der Waals surface area contributed by atoms with Gasteiger partial charge in [-0.05, 0) is 76.9 Å². The Morgan fingerprint density at radius 3 is 2.08 bits per heavy atom. The molecule has 1 aliphatic carbocycles. The SMILES string of the molecule is Nc1cccc(-c2cccc(C(c3cccc(C4CCCC4)c3)N3CCN(c4cccc(Cl)c4Cl)CC3)c2)c1. The lowest BCUT2D eigenvalue weighted by atomic mass is 9.89. The standard InChI is InChI=1S/C34H35Cl2N3/c35-31-15-6-16-32(33(31)36)38-17-19-39(20-18-38)34(28-12-3-9-25(21-28)24-7-1-2-8-24)29-13-4-10-26(22-29)27-11-5-14-30(37)23-27/h3-6,9-16,21-24,34H,1-2,7-8,17-20,37H2. The quantitative estimate of drug-likeness (QED) is 0.241. The Morgan fingerprint density at radius 1 is 0.692 bits per heavy atom. The third-order valence-electron chi connectivity index (χ3n) is 8.43. The van der Waals surface area contributed by atoms with Gasteiger partial charge in [0.2, 0.25) is 0 Å². The lowest BCUT2D eigenvalue weighted by molar-refractivity contribution is 0.212. The highest BCUT2D eigenvalue weighted by molar-refractivity contribution is 6.43. The minimum atomic E-state index is 0.171. The first kappa shape index (κ1) is 26.3. The van der Waals surface area contributed by atoms with Gasteiger partial charge < -0.3 is 10.6 Å². The molecule has 4 aromatic carbocycles. The second kappa shape index (κ2) is 11.6. The molecule has 6 rings (SSSR count). The summed E-state index contributed by atoms with van der Waals surface area (Å²) in [6, 6.07) is 32.6. The minimum Gasteiger partial charge on any atom is -0.399 e. The van der Waals surface area contributed by atoms with Crippen LogP contribution in [-0.4, -0.2) is 31.1 Å². The molecule has 0 bridgehead atoms. The molecule has 2 N–H and O–H groups in total. The number of nitrogens with two attached hydrogens (primary N) is 1. The first-order valence-electron chi connectivity index (χ1n) is 14.1. The van der Waals surface area contributed by atoms with E-state index < -0.39 is 0 Å². The second-order valence-corrected chi connectivity index (χ2v) is 11.7. The molecule has 0 radical (unpaired) electrons. The van der Waals surface area contributed by atoms with Crippen LogP contribution < -0.4 is 10.6 Å². The molecule has 4 aromatic rings. The van der Waals surface area contributed by atoms with Gasteiger partial charge in [0.15, 0.2) is 0 Å². The number of piperazine rings is 1. The Hall–Kier alpha value is -2.98. The summed E-state index contributed by atoms with van der Waals surface area (Å²) in [5, 5.41) is 1.25. The van der Waals surface area contributed by atoms with Crippen LogP contribution in [0.15, 0.2) is 91.0 Å². The number of rotatable bonds is 6. The molecule has 1 saturated heterocycles. The number of anilines is 2. The normalized spacial score (nSPS) is 17.4. The number of halogens is 2. The van der Waals surface area contributed by atoms with Crippen LogP contribution in [0.4, 0.5) is 11.4 Å². The third-order valence-corrected chi connectivity index (χ3v) is 9.24. The number of nitrogen functional groups attached to an aromatic ring is 1. The van der Waals surface area contributed by atoms with Gasteiger partial charge in [-0.1, -0.05) is 96.7 Å². The van der Waals surface area contributed by atoms with Crippen molar-refractivity contribution in [2.75, 3.05) is 36.8 Å². The van der Waals surface area contributed by atoms with Gasteiger partial charge in [-0.25, -0.2) is 0 Å². The van der Waals surface area contributed by atoms with Gasteiger partial charge in [-0.2, -0.15) is 0 Å². The number of hydrogen-bond donors (Lipinski definition) is 1. The summed E-state index contributed by atoms with van der Waals surface area (Å²) in [7, 11) is 0. The fourth-order valence-corrected chi connectivity index (χ4v) is 6.84. The van der Waals surface area contributed by atoms with E-state index in [9.17, 15) is 0 Å². The first-order valence-corrected chi connectivity index (χ1v) is 14.8. The minimum absolute atomic E-state index is 0.171. The van der Waals surface area contributed by atoms with Crippen molar-refractivity contribution >= 4 is 34.6 Å². The predicted molar refractivity (Wildman–Crippen MR) is 166 cm³/mol. The zero-order valence-electron chi connectivity index (χ0n) is 22.2. The highest BCUT2D eigenvalue weighted by atomic mass is 35.5. The van der Waals surface area contributed by atoms with Crippen LogP contribution in [0.1, 0.15) is 54.3 Å². The van der Waals surface area contributed by atoms with E-state index in [4.69, 9.17) is 28.9 Å². The Bertz CT molecular complexity index is 1440. The average Bonchev–Trinajstić information content (AvgIpc) is 3.51. The molecule has 1 atom stereocenters. The van der Waals surface area contributed by atoms with Crippen LogP contribution in [0.3, 0.4) is 0 Å². The van der Waals surface area contributed by atoms with Gasteiger partial charge in [0.25, 0.3) is 0 Å². The van der Waals surface area contributed by atoms with E-state index in [2.05, 4.69) is 76.5 Å². The van der Waals surface area contributed by atoms with Crippen molar-refractivity contribution in [2.24, 2.45) is 0 Å². The molecule has 5 heteroatoms. The number of nitrogens with zero attached hydrogens (tertiary/aromatic N) is 2. The van der Waals surface area contributed by atoms with Crippen molar-refractivity contribution in [3.63, 3.8) is 0 Å². The molecule has 1 heterocycles. The van der Waals surface area contributed by atoms with E-state index in [1.165, 1.54) is 47.9 Å². The fraction of sp³-hybridized carbons (Fsp3) is 0.294. The zero-order valence-corrected chi connectivity index (χ0v) is 23.7. The fourth-order valence-electron chi connectivity index (χ4n) is 6.42. The Labute approximate surface area is 242 Å². The second-order valence-electron chi connectivity index (χ2n) is 10.9. The largest absolute Gasteiger partial charge is 0.399 e. The van der Waals surface area contributed by atoms with Crippen molar-refractivity contribution in [3.8, 4) is 11.1 Å². The molecular weight excluding hydrogens is 521 g/mol. The lowest BCUT2D eigenvalue weighted by Crippen LogP contribution is -2.48. The summed E-state index contributed by atoms with van der Waals surface area (Å²) in [4.78, 5) is 4.99. The molecule has 2 fully saturated rings. The van der Waals surface area contributed by atoms with Crippen LogP contribution in [0.5, 0.6) is 0 Å². The van der Waals surface area contributed by atoms with Crippen LogP contribution in [-0.2, 0) is 0 Å². The number of benzene rings is 4. The summed E-state index contributed by atoms with van der Waals surface area (Å²) in [6.45, 7) is 3.66. The molecule has 200 valence electrons. The molecule has 0 amide bonds. The highest BCUT2D eigenvalue weighted by Gasteiger charge is 2.29. The van der Waals surface area contributed by atoms with Gasteiger partial charge in [0.1, 0.15) is 0 Å². The molecule has 2 aliphatic rings. The van der Waals surface area contributed by atoms with E-state index in [1.807, 2.05) is 24.3 Å². The molecule has 0 spiro atoms. The smallest absolute Gasteiger partial charge is 0.0825 e. The maximum absolute atomic E-state index is 6.59. The van der Waals surface area contributed by atoms with Gasteiger partial charge in [0, 0.05) is 31.9 Å². The first-order chi connectivity index (χ1) is 19.1. The van der Waals surface area contributed by atoms with Gasteiger partial charge in [0.05, 0.1) is 21.8 Å². The van der Waals surface area contributed by atoms with E-state index >= 15 is 0 Å². The molecule has 3 nitrogen and oxygen atoms in total. The summed E-state index contributed by atoms with van der Waals surface area (Å²) in [5.74, 6) is 0.686. The molecule has 1 aliphatic heterocycles. The maximum Gasteiger partial charge on any atom is 0.0825 e. The van der Waals surface area contributed by atoms with Crippen molar-refractivity contribution in [2.45, 2.75) is 37.6 Å². The van der Waals surface area contributed by atoms with Crippen LogP contribution in [0.25, 0.3) is 11.1 Å². The molecule has 39 heavy (non-hydrogen) atoms. The van der Waals surface area contributed by atoms with Crippen LogP contribution in [0.2, 0.25) is 10.0 Å². The summed E-state index contributed by atoms with van der Waals surface area (Å²) in [6.07, 6.45) is 5.29. The molecule has 0 aromatic heterocycles. The third kappa shape index (κ3) is 5.68. The van der Waals surface area contributed by atoms with Crippen molar-refractivity contribution < 1.29 is 0 Å². The highest BCUT2D eigenvalue weighted by Crippen LogP contribution is 2.39. The maximum atomic E-state index is 6.59. The Balaban J connectivity index is 1.34. The predicted octanol–water partition coefficient (Wildman–Crippen LogP) is 8.81. The van der Waals surface area contributed by atoms with Crippen molar-refractivity contribution in [1.29, 1.82) is 0 Å². The topological polar surface area (TPSA) is 32.5 Å². The lowest BCUT2D eigenvalue weighted by Gasteiger charge is -2.41. The molecular formula is C34H35Cl2N3. The van der Waals surface area contributed by atoms with E-state index in [0.717, 1.165) is 43.1 Å². The van der Waals surface area contributed by atoms with Gasteiger partial charge >= 0.3 is 0 Å². The molecule has 1 saturated carbocycles. The summed E-state index contributed by atoms with van der Waals surface area (Å²) >= 11 is 12.9. The van der Waals surface area contributed by atoms with Gasteiger partial charge in [-0.3, -0.25) is 4.90 Å². The van der Waals surface area contributed by atoms with Gasteiger partial charge in [-0.15, -0.1) is 0 Å². The summed E-state index contributed by atoms with van der Waals surface area (Å²) in [5.41, 5.74) is 14.5. The van der Waals surface area contributed by atoms with E-state index in [-0.39, 0.29) is 6.04 Å². The van der Waals surface area contributed by atoms with Crippen LogP contribution in [0, 0.1) is 0 Å². The Morgan fingerprint density at radius 2 is 1.33 bits per heavy atom. The number of hydrogen-bond acceptors (Lipinski definition) is 3.